The van der Waals surface area contributed by atoms with Crippen molar-refractivity contribution in [1.82, 2.24) is 14.7 Å². The Labute approximate surface area is 160 Å². The number of carbonyl (C=O) groups is 1. The van der Waals surface area contributed by atoms with Gasteiger partial charge in [-0.25, -0.2) is 4.68 Å². The van der Waals surface area contributed by atoms with Crippen molar-refractivity contribution < 1.29 is 4.79 Å². The zero-order valence-corrected chi connectivity index (χ0v) is 15.9. The van der Waals surface area contributed by atoms with E-state index in [4.69, 9.17) is 6.42 Å². The number of amides is 1. The predicted molar refractivity (Wildman–Crippen MR) is 108 cm³/mol. The quantitative estimate of drug-likeness (QED) is 0.646. The molecule has 136 valence electrons. The Kier molecular flexibility index (Phi) is 5.42. The van der Waals surface area contributed by atoms with Crippen molar-refractivity contribution in [3.63, 3.8) is 0 Å². The number of terminal acetylenes is 1. The highest BCUT2D eigenvalue weighted by Gasteiger charge is 2.16. The van der Waals surface area contributed by atoms with Crippen molar-refractivity contribution in [1.29, 1.82) is 0 Å². The highest BCUT2D eigenvalue weighted by Crippen LogP contribution is 2.16. The van der Waals surface area contributed by atoms with Gasteiger partial charge in [-0.3, -0.25) is 4.79 Å². The van der Waals surface area contributed by atoms with Crippen LogP contribution in [0.5, 0.6) is 0 Å². The topological polar surface area (TPSA) is 38.1 Å². The zero-order valence-electron chi connectivity index (χ0n) is 15.9. The van der Waals surface area contributed by atoms with Gasteiger partial charge in [-0.15, -0.1) is 6.42 Å². The van der Waals surface area contributed by atoms with Gasteiger partial charge >= 0.3 is 0 Å². The summed E-state index contributed by atoms with van der Waals surface area (Å²) in [6.07, 6.45) is 5.49. The molecule has 0 aliphatic carbocycles. The summed E-state index contributed by atoms with van der Waals surface area (Å²) >= 11 is 0. The van der Waals surface area contributed by atoms with E-state index in [1.54, 1.807) is 4.90 Å². The number of aromatic nitrogens is 2. The van der Waals surface area contributed by atoms with Crippen LogP contribution in [0.4, 0.5) is 0 Å². The van der Waals surface area contributed by atoms with Gasteiger partial charge in [-0.2, -0.15) is 5.10 Å². The van der Waals surface area contributed by atoms with Crippen molar-refractivity contribution in [2.45, 2.75) is 27.3 Å². The van der Waals surface area contributed by atoms with Crippen LogP contribution in [-0.4, -0.2) is 27.1 Å². The van der Waals surface area contributed by atoms with Crippen LogP contribution in [0, 0.1) is 33.1 Å². The van der Waals surface area contributed by atoms with E-state index in [9.17, 15) is 4.79 Å². The van der Waals surface area contributed by atoms with E-state index >= 15 is 0 Å². The second kappa shape index (κ2) is 7.92. The van der Waals surface area contributed by atoms with Crippen LogP contribution in [0.1, 0.15) is 32.9 Å². The number of hydrogen-bond donors (Lipinski definition) is 0. The molecule has 0 fully saturated rings. The zero-order chi connectivity index (χ0) is 19.4. The van der Waals surface area contributed by atoms with E-state index in [1.165, 1.54) is 5.56 Å². The number of aryl methyl sites for hydroxylation is 3. The minimum atomic E-state index is -0.0755. The van der Waals surface area contributed by atoms with Crippen LogP contribution in [-0.2, 0) is 6.54 Å². The number of carbonyl (C=O) groups excluding carboxylic acids is 1. The van der Waals surface area contributed by atoms with Crippen molar-refractivity contribution in [3.05, 3.63) is 82.7 Å². The maximum absolute atomic E-state index is 12.9. The summed E-state index contributed by atoms with van der Waals surface area (Å²) in [6.45, 7) is 6.77. The maximum Gasteiger partial charge on any atom is 0.254 e. The van der Waals surface area contributed by atoms with Crippen LogP contribution in [0.2, 0.25) is 0 Å². The van der Waals surface area contributed by atoms with E-state index < -0.39 is 0 Å². The number of benzene rings is 2. The normalized spacial score (nSPS) is 10.4. The third-order valence-corrected chi connectivity index (χ3v) is 4.43. The molecular formula is C23H23N3O. The lowest BCUT2D eigenvalue weighted by molar-refractivity contribution is 0.0766. The monoisotopic (exact) mass is 357 g/mol. The smallest absolute Gasteiger partial charge is 0.254 e. The van der Waals surface area contributed by atoms with Crippen LogP contribution in [0.15, 0.2) is 54.6 Å². The minimum absolute atomic E-state index is 0.0755. The van der Waals surface area contributed by atoms with E-state index in [0.29, 0.717) is 12.1 Å². The average molecular weight is 357 g/mol. The summed E-state index contributed by atoms with van der Waals surface area (Å²) in [5, 5.41) is 4.48. The average Bonchev–Trinajstić information content (AvgIpc) is 3.01. The van der Waals surface area contributed by atoms with E-state index in [0.717, 1.165) is 22.6 Å². The third kappa shape index (κ3) is 4.27. The van der Waals surface area contributed by atoms with Gasteiger partial charge in [-0.05, 0) is 56.7 Å². The molecular weight excluding hydrogens is 334 g/mol. The molecule has 27 heavy (non-hydrogen) atoms. The molecule has 4 heteroatoms. The minimum Gasteiger partial charge on any atom is -0.323 e. The number of nitrogens with zero attached hydrogens (tertiary/aromatic N) is 3. The molecule has 0 saturated carbocycles. The molecule has 0 N–H and O–H groups in total. The lowest BCUT2D eigenvalue weighted by Crippen LogP contribution is -2.31. The summed E-state index contributed by atoms with van der Waals surface area (Å²) in [4.78, 5) is 14.6. The molecule has 0 spiro atoms. The van der Waals surface area contributed by atoms with Gasteiger partial charge in [0.15, 0.2) is 0 Å². The van der Waals surface area contributed by atoms with Crippen molar-refractivity contribution in [2.24, 2.45) is 0 Å². The van der Waals surface area contributed by atoms with Crippen LogP contribution in [0.25, 0.3) is 5.69 Å². The molecule has 0 aliphatic rings. The van der Waals surface area contributed by atoms with E-state index in [1.807, 2.05) is 80.1 Å². The van der Waals surface area contributed by atoms with Gasteiger partial charge in [0.05, 0.1) is 17.9 Å². The fraction of sp³-hybridized carbons (Fsp3) is 0.217. The van der Waals surface area contributed by atoms with Gasteiger partial charge < -0.3 is 4.90 Å². The molecule has 1 aromatic heterocycles. The van der Waals surface area contributed by atoms with Gasteiger partial charge in [0.2, 0.25) is 0 Å². The summed E-state index contributed by atoms with van der Waals surface area (Å²) in [5.41, 5.74) is 5.81. The third-order valence-electron chi connectivity index (χ3n) is 4.43. The first-order chi connectivity index (χ1) is 13.0. The van der Waals surface area contributed by atoms with Crippen molar-refractivity contribution in [3.8, 4) is 18.0 Å². The fourth-order valence-corrected chi connectivity index (χ4v) is 3.04. The second-order valence-corrected chi connectivity index (χ2v) is 6.74. The molecule has 0 saturated heterocycles. The highest BCUT2D eigenvalue weighted by atomic mass is 16.2. The molecule has 0 atom stereocenters. The summed E-state index contributed by atoms with van der Waals surface area (Å²) in [6, 6.07) is 17.6. The largest absolute Gasteiger partial charge is 0.323 e. The van der Waals surface area contributed by atoms with Crippen LogP contribution >= 0.6 is 0 Å². The van der Waals surface area contributed by atoms with Gasteiger partial charge in [0.1, 0.15) is 0 Å². The van der Waals surface area contributed by atoms with Crippen molar-refractivity contribution in [2.75, 3.05) is 6.54 Å². The first kappa shape index (κ1) is 18.5. The summed E-state index contributed by atoms with van der Waals surface area (Å²) in [7, 11) is 0. The lowest BCUT2D eigenvalue weighted by Gasteiger charge is -2.21. The Bertz CT molecular complexity index is 976. The first-order valence-electron chi connectivity index (χ1n) is 8.90. The molecule has 3 aromatic rings. The SMILES string of the molecule is C#CCN(Cc1ccc(C)cc1)C(=O)c1ccc(-n2nc(C)cc2C)cc1. The van der Waals surface area contributed by atoms with Gasteiger partial charge in [0, 0.05) is 17.8 Å². The number of hydrogen-bond acceptors (Lipinski definition) is 2. The van der Waals surface area contributed by atoms with Crippen LogP contribution in [0.3, 0.4) is 0 Å². The molecule has 0 bridgehead atoms. The second-order valence-electron chi connectivity index (χ2n) is 6.74. The predicted octanol–water partition coefficient (Wildman–Crippen LogP) is 4.07. The molecule has 3 rings (SSSR count). The Hall–Kier alpha value is -3.32. The molecule has 1 heterocycles. The van der Waals surface area contributed by atoms with Gasteiger partial charge in [-0.1, -0.05) is 35.7 Å². The van der Waals surface area contributed by atoms with E-state index in [-0.39, 0.29) is 12.5 Å². The fourth-order valence-electron chi connectivity index (χ4n) is 3.04. The Morgan fingerprint density at radius 2 is 1.74 bits per heavy atom. The summed E-state index contributed by atoms with van der Waals surface area (Å²) in [5.74, 6) is 2.51. The molecule has 0 radical (unpaired) electrons. The lowest BCUT2D eigenvalue weighted by atomic mass is 10.1. The molecule has 4 nitrogen and oxygen atoms in total. The standard InChI is InChI=1S/C23H23N3O/c1-5-14-25(16-20-8-6-17(2)7-9-20)23(27)21-10-12-22(13-11-21)26-19(4)15-18(3)24-26/h1,6-13,15H,14,16H2,2-4H3. The first-order valence-corrected chi connectivity index (χ1v) is 8.90. The molecule has 0 unspecified atom stereocenters. The van der Waals surface area contributed by atoms with E-state index in [2.05, 4.69) is 11.0 Å². The summed E-state index contributed by atoms with van der Waals surface area (Å²) < 4.78 is 1.87. The Morgan fingerprint density at radius 1 is 1.07 bits per heavy atom. The highest BCUT2D eigenvalue weighted by molar-refractivity contribution is 5.94. The Morgan fingerprint density at radius 3 is 2.30 bits per heavy atom. The number of rotatable bonds is 5. The molecule has 2 aromatic carbocycles. The Balaban J connectivity index is 1.80. The van der Waals surface area contributed by atoms with Gasteiger partial charge in [0.25, 0.3) is 5.91 Å². The van der Waals surface area contributed by atoms with Crippen LogP contribution < -0.4 is 0 Å². The molecule has 0 aliphatic heterocycles. The molecule has 1 amide bonds. The maximum atomic E-state index is 12.9. The van der Waals surface area contributed by atoms with Crippen molar-refractivity contribution >= 4 is 5.91 Å².